The standard InChI is InChI=1S/C16H25N3O2/c1-16(2,3)21-15(20)19-10-6-7-13(12-19)11-18-14-8-4-5-9-17-14/h4-5,8-9,13H,6-7,10-12H2,1-3H3,(H,17,18)/t13-/m1/s1. The van der Waals surface area contributed by atoms with Crippen LogP contribution in [0.2, 0.25) is 0 Å². The average molecular weight is 291 g/mol. The number of ether oxygens (including phenoxy) is 1. The van der Waals surface area contributed by atoms with Gasteiger partial charge in [-0.2, -0.15) is 0 Å². The Kier molecular flexibility index (Phi) is 5.04. The van der Waals surface area contributed by atoms with Crippen molar-refractivity contribution in [1.29, 1.82) is 0 Å². The molecule has 0 radical (unpaired) electrons. The lowest BCUT2D eigenvalue weighted by Crippen LogP contribution is -2.44. The summed E-state index contributed by atoms with van der Waals surface area (Å²) in [5.74, 6) is 1.32. The number of hydrogen-bond acceptors (Lipinski definition) is 4. The van der Waals surface area contributed by atoms with Crippen LogP contribution in [0.5, 0.6) is 0 Å². The first-order valence-electron chi connectivity index (χ1n) is 7.57. The van der Waals surface area contributed by atoms with Gasteiger partial charge < -0.3 is 15.0 Å². The summed E-state index contributed by atoms with van der Waals surface area (Å²) in [5.41, 5.74) is -0.434. The van der Waals surface area contributed by atoms with Gasteiger partial charge in [-0.3, -0.25) is 0 Å². The Bertz CT molecular complexity index is 456. The minimum absolute atomic E-state index is 0.204. The fourth-order valence-corrected chi connectivity index (χ4v) is 2.44. The average Bonchev–Trinajstić information content (AvgIpc) is 2.45. The molecule has 5 nitrogen and oxygen atoms in total. The van der Waals surface area contributed by atoms with Gasteiger partial charge in [0.1, 0.15) is 11.4 Å². The summed E-state index contributed by atoms with van der Waals surface area (Å²) in [6.07, 6.45) is 3.72. The second kappa shape index (κ2) is 6.78. The number of likely N-dealkylation sites (tertiary alicyclic amines) is 1. The van der Waals surface area contributed by atoms with Gasteiger partial charge in [0.15, 0.2) is 0 Å². The van der Waals surface area contributed by atoms with Crippen molar-refractivity contribution in [3.8, 4) is 0 Å². The first kappa shape index (κ1) is 15.6. The maximum Gasteiger partial charge on any atom is 0.410 e. The van der Waals surface area contributed by atoms with E-state index in [0.29, 0.717) is 5.92 Å². The van der Waals surface area contributed by atoms with Crippen LogP contribution in [0.25, 0.3) is 0 Å². The molecule has 5 heteroatoms. The van der Waals surface area contributed by atoms with E-state index >= 15 is 0 Å². The number of carbonyl (C=O) groups excluding carboxylic acids is 1. The zero-order valence-corrected chi connectivity index (χ0v) is 13.1. The van der Waals surface area contributed by atoms with Crippen molar-refractivity contribution >= 4 is 11.9 Å². The van der Waals surface area contributed by atoms with Gasteiger partial charge >= 0.3 is 6.09 Å². The molecule has 116 valence electrons. The molecule has 0 unspecified atom stereocenters. The van der Waals surface area contributed by atoms with E-state index in [-0.39, 0.29) is 6.09 Å². The number of nitrogens with one attached hydrogen (secondary N) is 1. The van der Waals surface area contributed by atoms with E-state index in [1.54, 1.807) is 6.20 Å². The van der Waals surface area contributed by atoms with Crippen molar-refractivity contribution in [2.45, 2.75) is 39.2 Å². The maximum absolute atomic E-state index is 12.1. The Balaban J connectivity index is 1.82. The van der Waals surface area contributed by atoms with Gasteiger partial charge in [0.25, 0.3) is 0 Å². The van der Waals surface area contributed by atoms with E-state index in [1.165, 1.54) is 0 Å². The van der Waals surface area contributed by atoms with Crippen LogP contribution < -0.4 is 5.32 Å². The lowest BCUT2D eigenvalue weighted by atomic mass is 9.98. The molecule has 0 aromatic carbocycles. The Morgan fingerprint density at radius 3 is 2.95 bits per heavy atom. The number of rotatable bonds is 3. The van der Waals surface area contributed by atoms with Crippen LogP contribution in [0, 0.1) is 5.92 Å². The Hall–Kier alpha value is -1.78. The lowest BCUT2D eigenvalue weighted by molar-refractivity contribution is 0.0172. The minimum atomic E-state index is -0.434. The smallest absolute Gasteiger partial charge is 0.410 e. The van der Waals surface area contributed by atoms with E-state index in [2.05, 4.69) is 10.3 Å². The molecular weight excluding hydrogens is 266 g/mol. The third-order valence-corrected chi connectivity index (χ3v) is 3.41. The number of carbonyl (C=O) groups is 1. The number of anilines is 1. The maximum atomic E-state index is 12.1. The third-order valence-electron chi connectivity index (χ3n) is 3.41. The molecule has 1 amide bonds. The molecule has 0 bridgehead atoms. The Morgan fingerprint density at radius 1 is 1.48 bits per heavy atom. The van der Waals surface area contributed by atoms with E-state index in [0.717, 1.165) is 38.3 Å². The van der Waals surface area contributed by atoms with Crippen molar-refractivity contribution in [2.24, 2.45) is 5.92 Å². The van der Waals surface area contributed by atoms with Crippen molar-refractivity contribution in [3.05, 3.63) is 24.4 Å². The molecule has 1 N–H and O–H groups in total. The van der Waals surface area contributed by atoms with Crippen molar-refractivity contribution in [3.63, 3.8) is 0 Å². The van der Waals surface area contributed by atoms with Gasteiger partial charge in [-0.25, -0.2) is 9.78 Å². The predicted molar refractivity (Wildman–Crippen MR) is 83.3 cm³/mol. The molecule has 1 fully saturated rings. The second-order valence-corrected chi connectivity index (χ2v) is 6.53. The molecule has 21 heavy (non-hydrogen) atoms. The molecule has 2 heterocycles. The van der Waals surface area contributed by atoms with Crippen molar-refractivity contribution < 1.29 is 9.53 Å². The van der Waals surface area contributed by atoms with Gasteiger partial charge in [-0.15, -0.1) is 0 Å². The zero-order chi connectivity index (χ0) is 15.3. The summed E-state index contributed by atoms with van der Waals surface area (Å²) in [4.78, 5) is 18.2. The normalized spacial score (nSPS) is 19.2. The molecule has 1 aromatic rings. The van der Waals surface area contributed by atoms with Gasteiger partial charge in [0.2, 0.25) is 0 Å². The summed E-state index contributed by atoms with van der Waals surface area (Å²) >= 11 is 0. The predicted octanol–water partition coefficient (Wildman–Crippen LogP) is 3.14. The number of pyridine rings is 1. The highest BCUT2D eigenvalue weighted by atomic mass is 16.6. The highest BCUT2D eigenvalue weighted by Crippen LogP contribution is 2.19. The van der Waals surface area contributed by atoms with Crippen LogP contribution >= 0.6 is 0 Å². The van der Waals surface area contributed by atoms with Crippen LogP contribution in [0.15, 0.2) is 24.4 Å². The third kappa shape index (κ3) is 5.25. The van der Waals surface area contributed by atoms with Crippen LogP contribution in [-0.2, 0) is 4.74 Å². The first-order chi connectivity index (χ1) is 9.94. The molecule has 2 rings (SSSR count). The largest absolute Gasteiger partial charge is 0.444 e. The highest BCUT2D eigenvalue weighted by Gasteiger charge is 2.27. The van der Waals surface area contributed by atoms with Gasteiger partial charge in [0.05, 0.1) is 0 Å². The van der Waals surface area contributed by atoms with E-state index < -0.39 is 5.60 Å². The zero-order valence-electron chi connectivity index (χ0n) is 13.1. The van der Waals surface area contributed by atoms with Gasteiger partial charge in [0, 0.05) is 25.8 Å². The van der Waals surface area contributed by atoms with E-state index in [4.69, 9.17) is 4.74 Å². The minimum Gasteiger partial charge on any atom is -0.444 e. The monoisotopic (exact) mass is 291 g/mol. The van der Waals surface area contributed by atoms with Gasteiger partial charge in [-0.1, -0.05) is 6.07 Å². The molecule has 0 aliphatic carbocycles. The number of aromatic nitrogens is 1. The number of piperidine rings is 1. The quantitative estimate of drug-likeness (QED) is 0.929. The van der Waals surface area contributed by atoms with Crippen LogP contribution in [0.4, 0.5) is 10.6 Å². The van der Waals surface area contributed by atoms with E-state index in [1.807, 2.05) is 43.9 Å². The Morgan fingerprint density at radius 2 is 2.29 bits per heavy atom. The van der Waals surface area contributed by atoms with Crippen LogP contribution in [0.1, 0.15) is 33.6 Å². The first-order valence-corrected chi connectivity index (χ1v) is 7.57. The SMILES string of the molecule is CC(C)(C)OC(=O)N1CCC[C@H](CNc2ccccn2)C1. The lowest BCUT2D eigenvalue weighted by Gasteiger charge is -2.34. The highest BCUT2D eigenvalue weighted by molar-refractivity contribution is 5.68. The molecule has 1 saturated heterocycles. The molecule has 0 saturated carbocycles. The summed E-state index contributed by atoms with van der Waals surface area (Å²) < 4.78 is 5.44. The fraction of sp³-hybridized carbons (Fsp3) is 0.625. The van der Waals surface area contributed by atoms with Crippen LogP contribution in [-0.4, -0.2) is 41.2 Å². The molecule has 1 atom stereocenters. The summed E-state index contributed by atoms with van der Waals surface area (Å²) in [6.45, 7) is 8.05. The second-order valence-electron chi connectivity index (χ2n) is 6.53. The molecule has 0 spiro atoms. The summed E-state index contributed by atoms with van der Waals surface area (Å²) in [7, 11) is 0. The summed E-state index contributed by atoms with van der Waals surface area (Å²) in [5, 5.41) is 3.33. The molecule has 1 aromatic heterocycles. The summed E-state index contributed by atoms with van der Waals surface area (Å²) in [6, 6.07) is 5.81. The fourth-order valence-electron chi connectivity index (χ4n) is 2.44. The number of nitrogens with zero attached hydrogens (tertiary/aromatic N) is 2. The Labute approximate surface area is 126 Å². The molecule has 1 aliphatic rings. The topological polar surface area (TPSA) is 54.5 Å². The van der Waals surface area contributed by atoms with Crippen molar-refractivity contribution in [2.75, 3.05) is 25.0 Å². The molecule has 1 aliphatic heterocycles. The van der Waals surface area contributed by atoms with Crippen molar-refractivity contribution in [1.82, 2.24) is 9.88 Å². The van der Waals surface area contributed by atoms with E-state index in [9.17, 15) is 4.79 Å². The molecular formula is C16H25N3O2. The number of hydrogen-bond donors (Lipinski definition) is 1. The van der Waals surface area contributed by atoms with Crippen LogP contribution in [0.3, 0.4) is 0 Å². The number of amides is 1. The van der Waals surface area contributed by atoms with Gasteiger partial charge in [-0.05, 0) is 51.7 Å².